The summed E-state index contributed by atoms with van der Waals surface area (Å²) >= 11 is 0. The Labute approximate surface area is 165 Å². The van der Waals surface area contributed by atoms with Crippen LogP contribution in [0.25, 0.3) is 10.9 Å². The highest BCUT2D eigenvalue weighted by Gasteiger charge is 2.33. The van der Waals surface area contributed by atoms with Gasteiger partial charge in [0.05, 0.1) is 17.1 Å². The average molecular weight is 392 g/mol. The van der Waals surface area contributed by atoms with E-state index in [0.717, 1.165) is 10.4 Å². The molecule has 6 rings (SSSR count). The molecule has 0 saturated carbocycles. The lowest BCUT2D eigenvalue weighted by Gasteiger charge is -2.21. The lowest BCUT2D eigenvalue weighted by molar-refractivity contribution is -0.586. The van der Waals surface area contributed by atoms with Crippen molar-refractivity contribution in [2.75, 3.05) is 18.9 Å². The Morgan fingerprint density at radius 2 is 1.62 bits per heavy atom. The molecule has 0 atom stereocenters. The van der Waals surface area contributed by atoms with E-state index >= 15 is 0 Å². The number of benzene rings is 2. The van der Waals surface area contributed by atoms with Crippen molar-refractivity contribution in [1.82, 2.24) is 0 Å². The largest absolute Gasteiger partial charge is 0.618 e. The van der Waals surface area contributed by atoms with Gasteiger partial charge in [0.1, 0.15) is 5.56 Å². The van der Waals surface area contributed by atoms with E-state index in [1.54, 1.807) is 12.1 Å². The Kier molecular flexibility index (Phi) is 3.32. The molecule has 29 heavy (non-hydrogen) atoms. The van der Waals surface area contributed by atoms with E-state index in [4.69, 9.17) is 18.9 Å². The second-order valence-electron chi connectivity index (χ2n) is 7.18. The van der Waals surface area contributed by atoms with Crippen LogP contribution in [-0.2, 0) is 6.42 Å². The summed E-state index contributed by atoms with van der Waals surface area (Å²) in [6, 6.07) is 8.91. The number of fused-ring (bicyclic) bond motifs is 4. The maximum atomic E-state index is 13.1. The summed E-state index contributed by atoms with van der Waals surface area (Å²) in [5.41, 5.74) is 2.69. The number of carbonyl (C=O) groups is 1. The van der Waals surface area contributed by atoms with E-state index in [2.05, 4.69) is 5.32 Å². The second-order valence-corrected chi connectivity index (χ2v) is 7.18. The Balaban J connectivity index is 1.60. The van der Waals surface area contributed by atoms with E-state index in [1.165, 1.54) is 0 Å². The summed E-state index contributed by atoms with van der Waals surface area (Å²) < 4.78 is 22.6. The maximum Gasteiger partial charge on any atom is 0.231 e. The molecule has 3 aromatic rings. The highest BCUT2D eigenvalue weighted by Crippen LogP contribution is 2.42. The van der Waals surface area contributed by atoms with Crippen molar-refractivity contribution in [2.24, 2.45) is 0 Å². The van der Waals surface area contributed by atoms with Crippen molar-refractivity contribution in [3.05, 3.63) is 46.8 Å². The molecule has 0 fully saturated rings. The molecule has 0 unspecified atom stereocenters. The monoisotopic (exact) mass is 392 g/mol. The van der Waals surface area contributed by atoms with Gasteiger partial charge >= 0.3 is 0 Å². The molecule has 3 heterocycles. The number of hydrogen-bond acceptors (Lipinski definition) is 7. The lowest BCUT2D eigenvalue weighted by atomic mass is 9.91. The molecule has 1 aromatic heterocycles. The van der Waals surface area contributed by atoms with Crippen LogP contribution in [-0.4, -0.2) is 19.4 Å². The second kappa shape index (κ2) is 5.91. The van der Waals surface area contributed by atoms with Crippen molar-refractivity contribution in [2.45, 2.75) is 19.3 Å². The zero-order valence-corrected chi connectivity index (χ0v) is 15.3. The van der Waals surface area contributed by atoms with Crippen LogP contribution in [0, 0.1) is 5.21 Å². The topological polar surface area (TPSA) is 93.0 Å². The van der Waals surface area contributed by atoms with Gasteiger partial charge in [0, 0.05) is 30.7 Å². The van der Waals surface area contributed by atoms with Crippen molar-refractivity contribution in [3.8, 4) is 23.0 Å². The molecular formula is C21H16N2O6. The number of hydrogen-bond donors (Lipinski definition) is 1. The van der Waals surface area contributed by atoms with Gasteiger partial charge in [0.25, 0.3) is 0 Å². The predicted molar refractivity (Wildman–Crippen MR) is 102 cm³/mol. The number of nitrogens with one attached hydrogen (secondary N) is 1. The minimum atomic E-state index is -0.0429. The van der Waals surface area contributed by atoms with E-state index in [1.807, 2.05) is 18.2 Å². The van der Waals surface area contributed by atoms with Gasteiger partial charge in [-0.15, -0.1) is 0 Å². The fourth-order valence-electron chi connectivity index (χ4n) is 4.14. The summed E-state index contributed by atoms with van der Waals surface area (Å²) in [6.07, 6.45) is 1.62. The van der Waals surface area contributed by atoms with Gasteiger partial charge in [0.15, 0.2) is 28.8 Å². The van der Waals surface area contributed by atoms with Crippen LogP contribution in [0.3, 0.4) is 0 Å². The van der Waals surface area contributed by atoms with Gasteiger partial charge in [-0.05, 0) is 18.6 Å². The van der Waals surface area contributed by atoms with E-state index in [0.29, 0.717) is 70.1 Å². The molecule has 2 aromatic carbocycles. The highest BCUT2D eigenvalue weighted by molar-refractivity contribution is 6.10. The Morgan fingerprint density at radius 3 is 2.45 bits per heavy atom. The number of rotatable bonds is 2. The molecule has 3 aliphatic rings. The van der Waals surface area contributed by atoms with E-state index in [-0.39, 0.29) is 19.4 Å². The van der Waals surface area contributed by atoms with Crippen molar-refractivity contribution >= 4 is 28.1 Å². The third kappa shape index (κ3) is 2.38. The molecule has 8 heteroatoms. The van der Waals surface area contributed by atoms with Crippen molar-refractivity contribution in [3.63, 3.8) is 0 Å². The van der Waals surface area contributed by atoms with Gasteiger partial charge in [-0.1, -0.05) is 0 Å². The molecule has 8 nitrogen and oxygen atoms in total. The number of ketones is 1. The molecule has 146 valence electrons. The van der Waals surface area contributed by atoms with Crippen LogP contribution in [0.2, 0.25) is 0 Å². The van der Waals surface area contributed by atoms with Crippen LogP contribution in [0.1, 0.15) is 28.9 Å². The SMILES string of the molecule is O=C1CCCc2c1c(Nc1ccc3c(c1)OCO3)c1cc3c(cc1[n+]2[O-])OCO3. The van der Waals surface area contributed by atoms with Crippen LogP contribution < -0.4 is 29.0 Å². The van der Waals surface area contributed by atoms with Crippen molar-refractivity contribution < 1.29 is 28.5 Å². The first kappa shape index (κ1) is 16.3. The van der Waals surface area contributed by atoms with Gasteiger partial charge in [-0.25, -0.2) is 0 Å². The molecule has 0 saturated heterocycles. The van der Waals surface area contributed by atoms with Crippen LogP contribution in [0.5, 0.6) is 23.0 Å². The first-order valence-corrected chi connectivity index (χ1v) is 9.40. The van der Waals surface area contributed by atoms with Crippen LogP contribution in [0.4, 0.5) is 11.4 Å². The van der Waals surface area contributed by atoms with Crippen molar-refractivity contribution in [1.29, 1.82) is 0 Å². The number of anilines is 2. The van der Waals surface area contributed by atoms with E-state index in [9.17, 15) is 10.0 Å². The first-order valence-electron chi connectivity index (χ1n) is 9.40. The molecule has 2 aliphatic heterocycles. The summed E-state index contributed by atoms with van der Waals surface area (Å²) in [4.78, 5) is 12.8. The summed E-state index contributed by atoms with van der Waals surface area (Å²) in [7, 11) is 0. The zero-order valence-electron chi connectivity index (χ0n) is 15.3. The van der Waals surface area contributed by atoms with Gasteiger partial charge in [-0.2, -0.15) is 4.73 Å². The minimum Gasteiger partial charge on any atom is -0.618 e. The Bertz CT molecular complexity index is 1210. The summed E-state index contributed by atoms with van der Waals surface area (Å²) in [6.45, 7) is 0.286. The molecule has 1 aliphatic carbocycles. The Morgan fingerprint density at radius 1 is 0.897 bits per heavy atom. The van der Waals surface area contributed by atoms with Crippen LogP contribution in [0.15, 0.2) is 30.3 Å². The fourth-order valence-corrected chi connectivity index (χ4v) is 4.14. The third-order valence-electron chi connectivity index (χ3n) is 5.50. The predicted octanol–water partition coefficient (Wildman–Crippen LogP) is 3.19. The molecule has 0 radical (unpaired) electrons. The molecule has 0 amide bonds. The number of ether oxygens (including phenoxy) is 4. The zero-order chi connectivity index (χ0) is 19.5. The van der Waals surface area contributed by atoms with E-state index < -0.39 is 0 Å². The van der Waals surface area contributed by atoms with Gasteiger partial charge in [-0.3, -0.25) is 4.79 Å². The molecular weight excluding hydrogens is 376 g/mol. The maximum absolute atomic E-state index is 13.1. The van der Waals surface area contributed by atoms with Gasteiger partial charge in [0.2, 0.25) is 24.8 Å². The molecule has 0 bridgehead atoms. The number of Topliss-reactive ketones (excluding diaryl/α,β-unsaturated/α-hetero) is 1. The van der Waals surface area contributed by atoms with Gasteiger partial charge < -0.3 is 29.5 Å². The highest BCUT2D eigenvalue weighted by atomic mass is 16.7. The number of carbonyl (C=O) groups excluding carboxylic acids is 1. The summed E-state index contributed by atoms with van der Waals surface area (Å²) in [5, 5.41) is 17.0. The molecule has 1 N–H and O–H groups in total. The Hall–Kier alpha value is -3.68. The first-order chi connectivity index (χ1) is 14.2. The standard InChI is InChI=1S/C21H16N2O6/c24-15-3-1-2-13-20(15)21(22-11-4-5-16-17(6-11)27-9-26-16)12-7-18-19(29-10-28-18)8-14(12)23(13)25/h4-8,22H,1-3,9-10H2. The number of aromatic nitrogens is 1. The quantitative estimate of drug-likeness (QED) is 0.529. The molecule has 0 spiro atoms. The fraction of sp³-hybridized carbons (Fsp3) is 0.238. The minimum absolute atomic E-state index is 0.0429. The normalized spacial score (nSPS) is 16.2. The smallest absolute Gasteiger partial charge is 0.231 e. The number of pyridine rings is 1. The third-order valence-corrected chi connectivity index (χ3v) is 5.50. The number of nitrogens with zero attached hydrogens (tertiary/aromatic N) is 1. The summed E-state index contributed by atoms with van der Waals surface area (Å²) in [5.74, 6) is 2.34. The average Bonchev–Trinajstić information content (AvgIpc) is 3.38. The lowest BCUT2D eigenvalue weighted by Crippen LogP contribution is -2.37. The van der Waals surface area contributed by atoms with Crippen LogP contribution >= 0.6 is 0 Å².